The molecule has 160 valence electrons. The number of phenolic OH excluding ortho intramolecular Hbond substituents is 1. The molecule has 0 unspecified atom stereocenters. The van der Waals surface area contributed by atoms with Gasteiger partial charge in [0.1, 0.15) is 25.6 Å². The molecule has 0 spiro atoms. The van der Waals surface area contributed by atoms with E-state index >= 15 is 0 Å². The van der Waals surface area contributed by atoms with Gasteiger partial charge in [-0.05, 0) is 44.0 Å². The van der Waals surface area contributed by atoms with E-state index in [1.807, 2.05) is 26.0 Å². The Hall–Kier alpha value is -2.68. The third-order valence-corrected chi connectivity index (χ3v) is 4.55. The fraction of sp³-hybridized carbons (Fsp3) is 0.450. The van der Waals surface area contributed by atoms with E-state index in [-0.39, 0.29) is 50.1 Å². The lowest BCUT2D eigenvalue weighted by Crippen LogP contribution is -2.29. The van der Waals surface area contributed by atoms with Crippen molar-refractivity contribution in [3.8, 4) is 5.75 Å². The number of phenols is 1. The molecule has 0 atom stereocenters. The lowest BCUT2D eigenvalue weighted by molar-refractivity contribution is -0.144. The Morgan fingerprint density at radius 1 is 1.07 bits per heavy atom. The molecule has 0 radical (unpaired) electrons. The number of aryl methyl sites for hydroxylation is 2. The normalized spacial score (nSPS) is 10.2. The number of aromatic hydroxyl groups is 1. The van der Waals surface area contributed by atoms with Crippen molar-refractivity contribution in [3.05, 3.63) is 35.4 Å². The zero-order valence-corrected chi connectivity index (χ0v) is 17.7. The molecule has 1 aromatic carbocycles. The van der Waals surface area contributed by atoms with Crippen LogP contribution in [0.3, 0.4) is 0 Å². The van der Waals surface area contributed by atoms with Crippen molar-refractivity contribution < 1.29 is 33.7 Å². The highest BCUT2D eigenvalue weighted by Crippen LogP contribution is 2.28. The van der Waals surface area contributed by atoms with Crippen LogP contribution in [0.1, 0.15) is 24.5 Å². The molecule has 0 bridgehead atoms. The highest BCUT2D eigenvalue weighted by molar-refractivity contribution is 7.99. The van der Waals surface area contributed by atoms with E-state index < -0.39 is 12.1 Å². The van der Waals surface area contributed by atoms with E-state index in [0.29, 0.717) is 5.75 Å². The summed E-state index contributed by atoms with van der Waals surface area (Å²) in [6, 6.07) is 3.73. The summed E-state index contributed by atoms with van der Waals surface area (Å²) in [5.74, 6) is -0.0979. The molecule has 0 fully saturated rings. The number of thioether (sulfide) groups is 1. The summed E-state index contributed by atoms with van der Waals surface area (Å²) in [4.78, 5) is 35.2. The SMILES string of the molecule is C=C(C)C(=O)OCCNC(=O)OCCOC(=O)CCSc1cc(C)c(O)c(C)c1. The molecule has 0 aliphatic heterocycles. The summed E-state index contributed by atoms with van der Waals surface area (Å²) in [6.07, 6.45) is -0.481. The van der Waals surface area contributed by atoms with Crippen LogP contribution in [0, 0.1) is 13.8 Å². The third-order valence-electron chi connectivity index (χ3n) is 3.57. The van der Waals surface area contributed by atoms with E-state index in [1.165, 1.54) is 18.7 Å². The molecular weight excluding hydrogens is 398 g/mol. The van der Waals surface area contributed by atoms with Crippen molar-refractivity contribution in [2.45, 2.75) is 32.1 Å². The first-order valence-corrected chi connectivity index (χ1v) is 10.0. The minimum absolute atomic E-state index is 0.00747. The Balaban J connectivity index is 2.10. The molecule has 0 heterocycles. The van der Waals surface area contributed by atoms with E-state index in [2.05, 4.69) is 11.9 Å². The second kappa shape index (κ2) is 12.7. The number of ether oxygens (including phenoxy) is 3. The summed E-state index contributed by atoms with van der Waals surface area (Å²) in [5.41, 5.74) is 1.86. The van der Waals surface area contributed by atoms with Gasteiger partial charge in [-0.25, -0.2) is 9.59 Å². The van der Waals surface area contributed by atoms with Gasteiger partial charge in [-0.1, -0.05) is 6.58 Å². The van der Waals surface area contributed by atoms with E-state index in [9.17, 15) is 19.5 Å². The number of hydrogen-bond acceptors (Lipinski definition) is 8. The largest absolute Gasteiger partial charge is 0.507 e. The molecule has 2 N–H and O–H groups in total. The first kappa shape index (κ1) is 24.4. The standard InChI is InChI=1S/C20H27NO7S/c1-13(2)19(24)27-7-6-21-20(25)28-9-8-26-17(22)5-10-29-16-11-14(3)18(23)15(4)12-16/h11-12,23H,1,5-10H2,2-4H3,(H,21,25). The number of carbonyl (C=O) groups is 3. The summed E-state index contributed by atoms with van der Waals surface area (Å²) in [7, 11) is 0. The first-order valence-electron chi connectivity index (χ1n) is 9.02. The quantitative estimate of drug-likeness (QED) is 0.183. The molecule has 0 aliphatic carbocycles. The van der Waals surface area contributed by atoms with Crippen LogP contribution in [0.5, 0.6) is 5.75 Å². The monoisotopic (exact) mass is 425 g/mol. The number of hydrogen-bond donors (Lipinski definition) is 2. The molecule has 8 nitrogen and oxygen atoms in total. The highest BCUT2D eigenvalue weighted by Gasteiger charge is 2.08. The van der Waals surface area contributed by atoms with Gasteiger partial charge in [0.2, 0.25) is 0 Å². The number of alkyl carbamates (subject to hydrolysis) is 1. The van der Waals surface area contributed by atoms with Crippen LogP contribution in [-0.4, -0.2) is 55.3 Å². The van der Waals surface area contributed by atoms with Crippen LogP contribution in [0.15, 0.2) is 29.2 Å². The number of rotatable bonds is 11. The van der Waals surface area contributed by atoms with Crippen LogP contribution in [-0.2, 0) is 23.8 Å². The predicted molar refractivity (Wildman–Crippen MR) is 109 cm³/mol. The van der Waals surface area contributed by atoms with E-state index in [1.54, 1.807) is 0 Å². The predicted octanol–water partition coefficient (Wildman–Crippen LogP) is 2.88. The molecule has 1 amide bonds. The third kappa shape index (κ3) is 9.89. The summed E-state index contributed by atoms with van der Waals surface area (Å²) < 4.78 is 14.7. The first-order chi connectivity index (χ1) is 13.7. The number of amides is 1. The molecule has 29 heavy (non-hydrogen) atoms. The summed E-state index contributed by atoms with van der Waals surface area (Å²) in [6.45, 7) is 8.61. The van der Waals surface area contributed by atoms with Gasteiger partial charge < -0.3 is 24.6 Å². The lowest BCUT2D eigenvalue weighted by atomic mass is 10.1. The molecule has 0 saturated carbocycles. The van der Waals surface area contributed by atoms with Crippen molar-refractivity contribution in [2.24, 2.45) is 0 Å². The number of esters is 2. The maximum absolute atomic E-state index is 11.7. The van der Waals surface area contributed by atoms with Crippen LogP contribution >= 0.6 is 11.8 Å². The van der Waals surface area contributed by atoms with Gasteiger partial charge >= 0.3 is 18.0 Å². The Labute approximate surface area is 174 Å². The number of nitrogens with one attached hydrogen (secondary N) is 1. The maximum atomic E-state index is 11.7. The van der Waals surface area contributed by atoms with E-state index in [0.717, 1.165) is 16.0 Å². The second-order valence-electron chi connectivity index (χ2n) is 6.20. The van der Waals surface area contributed by atoms with Crippen molar-refractivity contribution in [3.63, 3.8) is 0 Å². The van der Waals surface area contributed by atoms with Crippen LogP contribution in [0.2, 0.25) is 0 Å². The minimum Gasteiger partial charge on any atom is -0.507 e. The molecule has 0 saturated heterocycles. The molecule has 1 aromatic rings. The molecule has 0 aliphatic rings. The van der Waals surface area contributed by atoms with Gasteiger partial charge in [-0.3, -0.25) is 4.79 Å². The van der Waals surface area contributed by atoms with E-state index in [4.69, 9.17) is 14.2 Å². The maximum Gasteiger partial charge on any atom is 0.407 e. The van der Waals surface area contributed by atoms with Gasteiger partial charge in [0.25, 0.3) is 0 Å². The highest BCUT2D eigenvalue weighted by atomic mass is 32.2. The average Bonchev–Trinajstić information content (AvgIpc) is 2.66. The molecule has 0 aromatic heterocycles. The average molecular weight is 426 g/mol. The minimum atomic E-state index is -0.693. The molecular formula is C20H27NO7S. The van der Waals surface area contributed by atoms with Gasteiger partial charge in [0.15, 0.2) is 0 Å². The van der Waals surface area contributed by atoms with Crippen LogP contribution in [0.25, 0.3) is 0 Å². The van der Waals surface area contributed by atoms with Crippen molar-refractivity contribution in [1.82, 2.24) is 5.32 Å². The van der Waals surface area contributed by atoms with Crippen molar-refractivity contribution >= 4 is 29.8 Å². The van der Waals surface area contributed by atoms with Crippen LogP contribution in [0.4, 0.5) is 4.79 Å². The summed E-state index contributed by atoms with van der Waals surface area (Å²) in [5, 5.41) is 12.2. The Kier molecular flexibility index (Phi) is 10.7. The smallest absolute Gasteiger partial charge is 0.407 e. The van der Waals surface area contributed by atoms with Crippen LogP contribution < -0.4 is 5.32 Å². The molecule has 1 rings (SSSR count). The molecule has 9 heteroatoms. The second-order valence-corrected chi connectivity index (χ2v) is 7.37. The lowest BCUT2D eigenvalue weighted by Gasteiger charge is -2.09. The fourth-order valence-electron chi connectivity index (χ4n) is 2.08. The number of carbonyl (C=O) groups excluding carboxylic acids is 3. The Bertz CT molecular complexity index is 725. The van der Waals surface area contributed by atoms with Gasteiger partial charge in [0, 0.05) is 16.2 Å². The van der Waals surface area contributed by atoms with Gasteiger partial charge in [-0.2, -0.15) is 0 Å². The van der Waals surface area contributed by atoms with Crippen molar-refractivity contribution in [1.29, 1.82) is 0 Å². The zero-order chi connectivity index (χ0) is 21.8. The summed E-state index contributed by atoms with van der Waals surface area (Å²) >= 11 is 1.50. The Morgan fingerprint density at radius 3 is 2.31 bits per heavy atom. The zero-order valence-electron chi connectivity index (χ0n) is 16.9. The fourth-order valence-corrected chi connectivity index (χ4v) is 3.11. The van der Waals surface area contributed by atoms with Gasteiger partial charge in [-0.15, -0.1) is 11.8 Å². The number of benzene rings is 1. The van der Waals surface area contributed by atoms with Crippen molar-refractivity contribution in [2.75, 3.05) is 32.1 Å². The topological polar surface area (TPSA) is 111 Å². The van der Waals surface area contributed by atoms with Gasteiger partial charge in [0.05, 0.1) is 13.0 Å². The Morgan fingerprint density at radius 2 is 1.69 bits per heavy atom.